The van der Waals surface area contributed by atoms with Crippen LogP contribution in [0, 0.1) is 6.92 Å². The number of rotatable bonds is 3. The van der Waals surface area contributed by atoms with Crippen molar-refractivity contribution in [3.63, 3.8) is 0 Å². The first-order chi connectivity index (χ1) is 10.6. The van der Waals surface area contributed by atoms with E-state index in [1.54, 1.807) is 0 Å². The Hall–Kier alpha value is -2.06. The Morgan fingerprint density at radius 1 is 1.05 bits per heavy atom. The second kappa shape index (κ2) is 5.98. The van der Waals surface area contributed by atoms with Crippen molar-refractivity contribution < 1.29 is 0 Å². The Bertz CT molecular complexity index is 827. The van der Waals surface area contributed by atoms with Crippen LogP contribution in [0.4, 0.5) is 5.69 Å². The zero-order valence-corrected chi connectivity index (χ0v) is 13.8. The highest BCUT2D eigenvalue weighted by atomic mass is 35.5. The monoisotopic (exact) mass is 310 g/mol. The van der Waals surface area contributed by atoms with E-state index in [2.05, 4.69) is 54.5 Å². The van der Waals surface area contributed by atoms with Gasteiger partial charge < -0.3 is 5.32 Å². The molecule has 0 spiro atoms. The Morgan fingerprint density at radius 2 is 1.86 bits per heavy atom. The van der Waals surface area contributed by atoms with Crippen molar-refractivity contribution in [2.75, 3.05) is 12.4 Å². The smallest absolute Gasteiger partial charge is 0.0719 e. The van der Waals surface area contributed by atoms with Gasteiger partial charge in [-0.2, -0.15) is 0 Å². The van der Waals surface area contributed by atoms with Crippen molar-refractivity contribution in [1.29, 1.82) is 0 Å². The van der Waals surface area contributed by atoms with Crippen molar-refractivity contribution in [2.45, 2.75) is 19.8 Å². The molecule has 2 nitrogen and oxygen atoms in total. The van der Waals surface area contributed by atoms with Crippen LogP contribution in [0.25, 0.3) is 10.9 Å². The molecule has 0 amide bonds. The van der Waals surface area contributed by atoms with Crippen LogP contribution >= 0.6 is 11.6 Å². The standard InChI is InChI=1S/C19H19ClN2/c1-12-10-15(21-3)5-7-16(12)13(2)17-8-9-22-19-11-14(20)4-6-18(17)19/h4-11,13,21H,1-3H3. The molecule has 112 valence electrons. The Labute approximate surface area is 136 Å². The van der Waals surface area contributed by atoms with E-state index in [4.69, 9.17) is 11.6 Å². The van der Waals surface area contributed by atoms with E-state index < -0.39 is 0 Å². The third-order valence-electron chi connectivity index (χ3n) is 4.23. The van der Waals surface area contributed by atoms with E-state index in [1.165, 1.54) is 16.7 Å². The number of nitrogens with zero attached hydrogens (tertiary/aromatic N) is 1. The summed E-state index contributed by atoms with van der Waals surface area (Å²) in [6, 6.07) is 14.5. The number of hydrogen-bond acceptors (Lipinski definition) is 2. The zero-order valence-electron chi connectivity index (χ0n) is 13.0. The van der Waals surface area contributed by atoms with Gasteiger partial charge in [0.05, 0.1) is 5.52 Å². The molecule has 1 unspecified atom stereocenters. The number of halogens is 1. The summed E-state index contributed by atoms with van der Waals surface area (Å²) < 4.78 is 0. The third-order valence-corrected chi connectivity index (χ3v) is 4.47. The van der Waals surface area contributed by atoms with Crippen LogP contribution in [-0.4, -0.2) is 12.0 Å². The molecule has 3 rings (SSSR count). The van der Waals surface area contributed by atoms with Gasteiger partial charge in [0.1, 0.15) is 0 Å². The number of aryl methyl sites for hydroxylation is 1. The maximum atomic E-state index is 6.08. The molecule has 1 N–H and O–H groups in total. The maximum absolute atomic E-state index is 6.08. The minimum Gasteiger partial charge on any atom is -0.388 e. The Balaban J connectivity index is 2.11. The zero-order chi connectivity index (χ0) is 15.7. The first-order valence-corrected chi connectivity index (χ1v) is 7.80. The van der Waals surface area contributed by atoms with Gasteiger partial charge in [0.2, 0.25) is 0 Å². The molecule has 3 aromatic rings. The lowest BCUT2D eigenvalue weighted by atomic mass is 9.88. The summed E-state index contributed by atoms with van der Waals surface area (Å²) in [5.74, 6) is 0.303. The number of pyridine rings is 1. The van der Waals surface area contributed by atoms with Crippen LogP contribution in [0.5, 0.6) is 0 Å². The summed E-state index contributed by atoms with van der Waals surface area (Å²) in [6.07, 6.45) is 1.86. The third kappa shape index (κ3) is 2.67. The summed E-state index contributed by atoms with van der Waals surface area (Å²) in [4.78, 5) is 4.43. The molecule has 0 saturated carbocycles. The summed E-state index contributed by atoms with van der Waals surface area (Å²) in [5, 5.41) is 5.07. The second-order valence-electron chi connectivity index (χ2n) is 5.60. The van der Waals surface area contributed by atoms with Crippen LogP contribution < -0.4 is 5.32 Å². The molecule has 0 aliphatic carbocycles. The summed E-state index contributed by atoms with van der Waals surface area (Å²) >= 11 is 6.08. The first kappa shape index (κ1) is 14.9. The van der Waals surface area contributed by atoms with Gasteiger partial charge in [-0.25, -0.2) is 0 Å². The van der Waals surface area contributed by atoms with E-state index in [1.807, 2.05) is 25.4 Å². The van der Waals surface area contributed by atoms with Crippen molar-refractivity contribution in [2.24, 2.45) is 0 Å². The molecule has 0 aliphatic heterocycles. The maximum Gasteiger partial charge on any atom is 0.0719 e. The molecule has 1 heterocycles. The van der Waals surface area contributed by atoms with Crippen LogP contribution in [-0.2, 0) is 0 Å². The predicted molar refractivity (Wildman–Crippen MR) is 95.0 cm³/mol. The van der Waals surface area contributed by atoms with E-state index in [9.17, 15) is 0 Å². The van der Waals surface area contributed by atoms with Crippen molar-refractivity contribution >= 4 is 28.2 Å². The fraction of sp³-hybridized carbons (Fsp3) is 0.211. The first-order valence-electron chi connectivity index (χ1n) is 7.42. The molecule has 2 aromatic carbocycles. The van der Waals surface area contributed by atoms with Crippen LogP contribution in [0.2, 0.25) is 5.02 Å². The second-order valence-corrected chi connectivity index (χ2v) is 6.04. The largest absolute Gasteiger partial charge is 0.388 e. The fourth-order valence-corrected chi connectivity index (χ4v) is 3.17. The molecule has 1 atom stereocenters. The average Bonchev–Trinajstić information content (AvgIpc) is 2.53. The number of anilines is 1. The molecule has 3 heteroatoms. The van der Waals surface area contributed by atoms with Gasteiger partial charge >= 0.3 is 0 Å². The van der Waals surface area contributed by atoms with E-state index in [0.717, 1.165) is 21.6 Å². The van der Waals surface area contributed by atoms with Crippen LogP contribution in [0.3, 0.4) is 0 Å². The molecule has 22 heavy (non-hydrogen) atoms. The fourth-order valence-electron chi connectivity index (χ4n) is 3.01. The molecular formula is C19H19ClN2. The Morgan fingerprint density at radius 3 is 2.59 bits per heavy atom. The summed E-state index contributed by atoms with van der Waals surface area (Å²) in [6.45, 7) is 4.40. The minimum absolute atomic E-state index is 0.303. The van der Waals surface area contributed by atoms with Gasteiger partial charge in [0.15, 0.2) is 0 Å². The highest BCUT2D eigenvalue weighted by Gasteiger charge is 2.14. The SMILES string of the molecule is CNc1ccc(C(C)c2ccnc3cc(Cl)ccc23)c(C)c1. The predicted octanol–water partition coefficient (Wildman–Crippen LogP) is 5.39. The van der Waals surface area contributed by atoms with Gasteiger partial charge in [-0.1, -0.05) is 30.7 Å². The van der Waals surface area contributed by atoms with Crippen molar-refractivity contribution in [1.82, 2.24) is 4.98 Å². The highest BCUT2D eigenvalue weighted by Crippen LogP contribution is 2.33. The lowest BCUT2D eigenvalue weighted by Crippen LogP contribution is -2.01. The minimum atomic E-state index is 0.303. The molecule has 0 fully saturated rings. The van der Waals surface area contributed by atoms with Gasteiger partial charge in [-0.3, -0.25) is 4.98 Å². The number of benzene rings is 2. The quantitative estimate of drug-likeness (QED) is 0.701. The van der Waals surface area contributed by atoms with Gasteiger partial charge in [-0.15, -0.1) is 0 Å². The molecule has 1 aromatic heterocycles. The molecule has 0 saturated heterocycles. The van der Waals surface area contributed by atoms with E-state index in [0.29, 0.717) is 5.92 Å². The van der Waals surface area contributed by atoms with Gasteiger partial charge in [-0.05, 0) is 53.9 Å². The number of aromatic nitrogens is 1. The van der Waals surface area contributed by atoms with Gasteiger partial charge in [0, 0.05) is 35.3 Å². The van der Waals surface area contributed by atoms with Crippen LogP contribution in [0.15, 0.2) is 48.7 Å². The van der Waals surface area contributed by atoms with E-state index in [-0.39, 0.29) is 0 Å². The number of hydrogen-bond donors (Lipinski definition) is 1. The molecule has 0 bridgehead atoms. The van der Waals surface area contributed by atoms with Crippen molar-refractivity contribution in [3.8, 4) is 0 Å². The lowest BCUT2D eigenvalue weighted by molar-refractivity contribution is 0.918. The Kier molecular flexibility index (Phi) is 4.04. The normalized spacial score (nSPS) is 12.4. The molecule has 0 radical (unpaired) electrons. The summed E-state index contributed by atoms with van der Waals surface area (Å²) in [5.41, 5.74) is 5.99. The van der Waals surface area contributed by atoms with Crippen molar-refractivity contribution in [3.05, 3.63) is 70.4 Å². The van der Waals surface area contributed by atoms with Crippen LogP contribution in [0.1, 0.15) is 29.5 Å². The number of nitrogens with one attached hydrogen (secondary N) is 1. The number of fused-ring (bicyclic) bond motifs is 1. The van der Waals surface area contributed by atoms with Gasteiger partial charge in [0.25, 0.3) is 0 Å². The van der Waals surface area contributed by atoms with E-state index >= 15 is 0 Å². The average molecular weight is 311 g/mol. The summed E-state index contributed by atoms with van der Waals surface area (Å²) in [7, 11) is 1.94. The lowest BCUT2D eigenvalue weighted by Gasteiger charge is -2.18. The molecular weight excluding hydrogens is 292 g/mol. The molecule has 0 aliphatic rings. The highest BCUT2D eigenvalue weighted by molar-refractivity contribution is 6.31. The topological polar surface area (TPSA) is 24.9 Å².